The van der Waals surface area contributed by atoms with Gasteiger partial charge >= 0.3 is 0 Å². The maximum atomic E-state index is 12.9. The zero-order chi connectivity index (χ0) is 19.6. The second-order valence-corrected chi connectivity index (χ2v) is 8.72. The number of rotatable bonds is 6. The first-order chi connectivity index (χ1) is 12.8. The van der Waals surface area contributed by atoms with Crippen molar-refractivity contribution in [2.75, 3.05) is 13.1 Å². The molecule has 1 atom stereocenters. The molecule has 0 fully saturated rings. The molecule has 1 heterocycles. The van der Waals surface area contributed by atoms with Crippen LogP contribution in [0.3, 0.4) is 0 Å². The summed E-state index contributed by atoms with van der Waals surface area (Å²) in [5.41, 5.74) is 1.49. The van der Waals surface area contributed by atoms with Crippen molar-refractivity contribution in [3.8, 4) is 5.75 Å². The Balaban J connectivity index is 1.72. The van der Waals surface area contributed by atoms with Gasteiger partial charge in [0.1, 0.15) is 5.75 Å². The Hall–Kier alpha value is -2.38. The summed E-state index contributed by atoms with van der Waals surface area (Å²) in [5, 5.41) is 0. The van der Waals surface area contributed by atoms with E-state index in [0.29, 0.717) is 11.3 Å². The number of hydrogen-bond acceptors (Lipinski definition) is 4. The molecule has 0 aromatic heterocycles. The zero-order valence-corrected chi connectivity index (χ0v) is 16.5. The fourth-order valence-electron chi connectivity index (χ4n) is 3.04. The minimum Gasteiger partial charge on any atom is -0.469 e. The summed E-state index contributed by atoms with van der Waals surface area (Å²) in [7, 11) is -3.62. The van der Waals surface area contributed by atoms with Gasteiger partial charge in [-0.2, -0.15) is 0 Å². The third-order valence-electron chi connectivity index (χ3n) is 4.48. The highest BCUT2D eigenvalue weighted by atomic mass is 32.2. The summed E-state index contributed by atoms with van der Waals surface area (Å²) >= 11 is 0. The molecule has 144 valence electrons. The maximum absolute atomic E-state index is 12.9. The monoisotopic (exact) mass is 388 g/mol. The van der Waals surface area contributed by atoms with Crippen molar-refractivity contribution < 1.29 is 17.9 Å². The predicted molar refractivity (Wildman–Crippen MR) is 103 cm³/mol. The van der Waals surface area contributed by atoms with E-state index in [4.69, 9.17) is 4.74 Å². The van der Waals surface area contributed by atoms with Crippen molar-refractivity contribution in [1.29, 1.82) is 0 Å². The number of amides is 1. The summed E-state index contributed by atoms with van der Waals surface area (Å²) in [6.45, 7) is 6.16. The molecule has 0 radical (unpaired) electrons. The molecule has 1 aliphatic rings. The van der Waals surface area contributed by atoms with Crippen LogP contribution in [0.5, 0.6) is 5.75 Å². The summed E-state index contributed by atoms with van der Waals surface area (Å²) in [6, 6.07) is 13.8. The van der Waals surface area contributed by atoms with E-state index in [1.54, 1.807) is 47.4 Å². The van der Waals surface area contributed by atoms with Crippen molar-refractivity contribution in [2.45, 2.75) is 31.9 Å². The topological polar surface area (TPSA) is 75.7 Å². The average Bonchev–Trinajstić information content (AvgIpc) is 2.63. The Bertz CT molecular complexity index is 923. The lowest BCUT2D eigenvalue weighted by atomic mass is 10.1. The maximum Gasteiger partial charge on any atom is 0.260 e. The first kappa shape index (κ1) is 19.4. The molecule has 0 saturated heterocycles. The van der Waals surface area contributed by atoms with E-state index in [-0.39, 0.29) is 29.8 Å². The van der Waals surface area contributed by atoms with Crippen LogP contribution in [0.15, 0.2) is 53.4 Å². The quantitative estimate of drug-likeness (QED) is 0.826. The van der Waals surface area contributed by atoms with Gasteiger partial charge in [-0.15, -0.1) is 0 Å². The van der Waals surface area contributed by atoms with Crippen molar-refractivity contribution in [3.63, 3.8) is 0 Å². The van der Waals surface area contributed by atoms with Crippen molar-refractivity contribution in [1.82, 2.24) is 9.62 Å². The highest BCUT2D eigenvalue weighted by Crippen LogP contribution is 2.30. The molecule has 1 unspecified atom stereocenters. The third kappa shape index (κ3) is 4.14. The van der Waals surface area contributed by atoms with Crippen LogP contribution in [0.25, 0.3) is 0 Å². The van der Waals surface area contributed by atoms with Gasteiger partial charge in [0.15, 0.2) is 6.23 Å². The van der Waals surface area contributed by atoms with Crippen molar-refractivity contribution in [3.05, 3.63) is 59.7 Å². The number of para-hydroxylation sites is 1. The standard InChI is InChI=1S/C20H24N2O4S/c1-14(2)20-22(19(23)17-6-4-5-7-18(17)26-20)13-12-21-27(24,25)16-10-8-15(3)9-11-16/h4-11,14,20-21H,12-13H2,1-3H3. The summed E-state index contributed by atoms with van der Waals surface area (Å²) in [5.74, 6) is 0.485. The highest BCUT2D eigenvalue weighted by molar-refractivity contribution is 7.89. The lowest BCUT2D eigenvalue weighted by molar-refractivity contribution is -0.0117. The van der Waals surface area contributed by atoms with Crippen LogP contribution < -0.4 is 9.46 Å². The molecular formula is C20H24N2O4S. The Kier molecular flexibility index (Phi) is 5.53. The molecular weight excluding hydrogens is 364 g/mol. The molecule has 27 heavy (non-hydrogen) atoms. The Morgan fingerprint density at radius 2 is 1.78 bits per heavy atom. The number of nitrogens with one attached hydrogen (secondary N) is 1. The van der Waals surface area contributed by atoms with E-state index in [1.807, 2.05) is 26.8 Å². The number of hydrogen-bond donors (Lipinski definition) is 1. The van der Waals surface area contributed by atoms with Crippen molar-refractivity contribution in [2.24, 2.45) is 5.92 Å². The summed E-state index contributed by atoms with van der Waals surface area (Å²) in [6.07, 6.45) is -0.434. The smallest absolute Gasteiger partial charge is 0.260 e. The van der Waals surface area contributed by atoms with E-state index in [1.165, 1.54) is 0 Å². The number of fused-ring (bicyclic) bond motifs is 1. The normalized spacial score (nSPS) is 17.0. The lowest BCUT2D eigenvalue weighted by Gasteiger charge is -2.38. The van der Waals surface area contributed by atoms with Crippen LogP contribution in [0.1, 0.15) is 29.8 Å². The molecule has 0 bridgehead atoms. The first-order valence-electron chi connectivity index (χ1n) is 8.92. The van der Waals surface area contributed by atoms with Crippen LogP contribution in [-0.4, -0.2) is 38.5 Å². The van der Waals surface area contributed by atoms with Crippen molar-refractivity contribution >= 4 is 15.9 Å². The largest absolute Gasteiger partial charge is 0.469 e. The molecule has 1 aliphatic heterocycles. The molecule has 0 aliphatic carbocycles. The molecule has 1 amide bonds. The van der Waals surface area contributed by atoms with Crippen LogP contribution in [0.2, 0.25) is 0 Å². The Morgan fingerprint density at radius 1 is 1.11 bits per heavy atom. The second kappa shape index (κ2) is 7.70. The van der Waals surface area contributed by atoms with Gasteiger partial charge in [-0.25, -0.2) is 13.1 Å². The second-order valence-electron chi connectivity index (χ2n) is 6.96. The van der Waals surface area contributed by atoms with Gasteiger partial charge in [0.05, 0.1) is 10.5 Å². The first-order valence-corrected chi connectivity index (χ1v) is 10.4. The molecule has 3 rings (SSSR count). The third-order valence-corrected chi connectivity index (χ3v) is 5.96. The number of carbonyl (C=O) groups excluding carboxylic acids is 1. The molecule has 2 aromatic rings. The minimum absolute atomic E-state index is 0.0658. The Morgan fingerprint density at radius 3 is 2.44 bits per heavy atom. The number of carbonyl (C=O) groups is 1. The predicted octanol–water partition coefficient (Wildman–Crippen LogP) is 2.79. The number of sulfonamides is 1. The SMILES string of the molecule is Cc1ccc(S(=O)(=O)NCCN2C(=O)c3ccccc3OC2C(C)C)cc1. The van der Waals surface area contributed by atoms with E-state index < -0.39 is 16.3 Å². The van der Waals surface area contributed by atoms with Gasteiger partial charge in [-0.1, -0.05) is 43.7 Å². The van der Waals surface area contributed by atoms with E-state index in [9.17, 15) is 13.2 Å². The van der Waals surface area contributed by atoms with Gasteiger partial charge < -0.3 is 9.64 Å². The van der Waals surface area contributed by atoms with E-state index >= 15 is 0 Å². The van der Waals surface area contributed by atoms with Gasteiger partial charge in [-0.3, -0.25) is 4.79 Å². The molecule has 0 saturated carbocycles. The molecule has 0 spiro atoms. The minimum atomic E-state index is -3.62. The van der Waals surface area contributed by atoms with Gasteiger partial charge in [0.2, 0.25) is 10.0 Å². The fourth-order valence-corrected chi connectivity index (χ4v) is 4.06. The Labute approximate surface area is 160 Å². The van der Waals surface area contributed by atoms with Gasteiger partial charge in [-0.05, 0) is 31.2 Å². The highest BCUT2D eigenvalue weighted by Gasteiger charge is 2.35. The fraction of sp³-hybridized carbons (Fsp3) is 0.350. The number of aryl methyl sites for hydroxylation is 1. The summed E-state index contributed by atoms with van der Waals surface area (Å²) in [4.78, 5) is 14.7. The number of nitrogens with zero attached hydrogens (tertiary/aromatic N) is 1. The average molecular weight is 388 g/mol. The van der Waals surface area contributed by atoms with Crippen LogP contribution in [-0.2, 0) is 10.0 Å². The van der Waals surface area contributed by atoms with E-state index in [0.717, 1.165) is 5.56 Å². The van der Waals surface area contributed by atoms with Crippen LogP contribution in [0.4, 0.5) is 0 Å². The number of benzene rings is 2. The summed E-state index contributed by atoms with van der Waals surface area (Å²) < 4.78 is 33.4. The van der Waals surface area contributed by atoms with Crippen LogP contribution in [0, 0.1) is 12.8 Å². The van der Waals surface area contributed by atoms with Crippen LogP contribution >= 0.6 is 0 Å². The lowest BCUT2D eigenvalue weighted by Crippen LogP contribution is -2.52. The zero-order valence-electron chi connectivity index (χ0n) is 15.7. The number of ether oxygens (including phenoxy) is 1. The van der Waals surface area contributed by atoms with Gasteiger partial charge in [0, 0.05) is 19.0 Å². The van der Waals surface area contributed by atoms with E-state index in [2.05, 4.69) is 4.72 Å². The molecule has 1 N–H and O–H groups in total. The molecule has 7 heteroatoms. The molecule has 2 aromatic carbocycles. The van der Waals surface area contributed by atoms with Gasteiger partial charge in [0.25, 0.3) is 5.91 Å². The molecule has 6 nitrogen and oxygen atoms in total.